The molecule has 3 rings (SSSR count). The highest BCUT2D eigenvalue weighted by atomic mass is 32.1. The summed E-state index contributed by atoms with van der Waals surface area (Å²) in [4.78, 5) is 39.2. The number of nitro benzene ring substituents is 1. The third-order valence-electron chi connectivity index (χ3n) is 4.12. The maximum atomic E-state index is 12.2. The Kier molecular flexibility index (Phi) is 5.99. The summed E-state index contributed by atoms with van der Waals surface area (Å²) < 4.78 is 5.01. The highest BCUT2D eigenvalue weighted by Gasteiger charge is 2.19. The number of rotatable bonds is 6. The highest BCUT2D eigenvalue weighted by molar-refractivity contribution is 7.09. The van der Waals surface area contributed by atoms with Crippen LogP contribution < -0.4 is 5.32 Å². The van der Waals surface area contributed by atoms with Crippen LogP contribution in [0.15, 0.2) is 47.8 Å². The van der Waals surface area contributed by atoms with Gasteiger partial charge in [0.25, 0.3) is 11.6 Å². The Labute approximate surface area is 170 Å². The van der Waals surface area contributed by atoms with Crippen molar-refractivity contribution in [1.82, 2.24) is 4.98 Å². The molecule has 29 heavy (non-hydrogen) atoms. The normalized spacial score (nSPS) is 10.4. The summed E-state index contributed by atoms with van der Waals surface area (Å²) in [5.74, 6) is -1.32. The second-order valence-electron chi connectivity index (χ2n) is 6.16. The number of hydrogen-bond acceptors (Lipinski definition) is 7. The van der Waals surface area contributed by atoms with Crippen molar-refractivity contribution in [3.05, 3.63) is 74.1 Å². The summed E-state index contributed by atoms with van der Waals surface area (Å²) in [7, 11) is 0. The van der Waals surface area contributed by atoms with Crippen molar-refractivity contribution >= 4 is 34.6 Å². The number of thiazole rings is 1. The molecule has 148 valence electrons. The average molecular weight is 411 g/mol. The maximum Gasteiger partial charge on any atom is 0.339 e. The molecule has 0 saturated carbocycles. The molecule has 0 radical (unpaired) electrons. The molecule has 3 aromatic rings. The third kappa shape index (κ3) is 4.82. The quantitative estimate of drug-likeness (QED) is 0.371. The molecule has 2 aromatic carbocycles. The number of anilines is 1. The minimum atomic E-state index is -0.798. The van der Waals surface area contributed by atoms with Crippen LogP contribution in [-0.2, 0) is 9.53 Å². The van der Waals surface area contributed by atoms with E-state index in [0.29, 0.717) is 5.69 Å². The van der Waals surface area contributed by atoms with Gasteiger partial charge in [-0.3, -0.25) is 14.9 Å². The topological polar surface area (TPSA) is 111 Å². The average Bonchev–Trinajstić information content (AvgIpc) is 3.12. The Balaban J connectivity index is 1.63. The molecular formula is C20H17N3O5S. The number of amides is 1. The van der Waals surface area contributed by atoms with E-state index in [9.17, 15) is 19.7 Å². The molecule has 1 heterocycles. The molecular weight excluding hydrogens is 394 g/mol. The molecule has 0 aliphatic carbocycles. The van der Waals surface area contributed by atoms with Gasteiger partial charge in [-0.25, -0.2) is 9.78 Å². The van der Waals surface area contributed by atoms with E-state index in [2.05, 4.69) is 10.3 Å². The summed E-state index contributed by atoms with van der Waals surface area (Å²) in [6.45, 7) is 2.86. The van der Waals surface area contributed by atoms with Crippen LogP contribution in [0.4, 0.5) is 11.4 Å². The van der Waals surface area contributed by atoms with Gasteiger partial charge in [-0.2, -0.15) is 0 Å². The first-order chi connectivity index (χ1) is 13.8. The molecule has 1 aromatic heterocycles. The Morgan fingerprint density at radius 3 is 2.66 bits per heavy atom. The largest absolute Gasteiger partial charge is 0.452 e. The molecule has 0 aliphatic heterocycles. The molecule has 0 aliphatic rings. The van der Waals surface area contributed by atoms with Crippen LogP contribution >= 0.6 is 11.3 Å². The number of nitrogens with zero attached hydrogens (tertiary/aromatic N) is 2. The monoisotopic (exact) mass is 411 g/mol. The molecule has 0 spiro atoms. The Morgan fingerprint density at radius 2 is 1.97 bits per heavy atom. The van der Waals surface area contributed by atoms with Crippen molar-refractivity contribution in [2.45, 2.75) is 13.8 Å². The molecule has 1 N–H and O–H groups in total. The van der Waals surface area contributed by atoms with Gasteiger partial charge in [-0.05, 0) is 32.0 Å². The van der Waals surface area contributed by atoms with E-state index in [4.69, 9.17) is 4.74 Å². The van der Waals surface area contributed by atoms with E-state index in [1.165, 1.54) is 36.5 Å². The SMILES string of the molecule is Cc1nc(-c2cccc(NC(=O)COC(=O)c3cccc([N+](=O)[O-])c3C)c2)cs1. The molecule has 0 atom stereocenters. The first-order valence-electron chi connectivity index (χ1n) is 8.58. The smallest absolute Gasteiger partial charge is 0.339 e. The lowest BCUT2D eigenvalue weighted by molar-refractivity contribution is -0.385. The van der Waals surface area contributed by atoms with E-state index in [1.54, 1.807) is 18.2 Å². The van der Waals surface area contributed by atoms with Gasteiger partial charge >= 0.3 is 5.97 Å². The zero-order chi connectivity index (χ0) is 21.0. The summed E-state index contributed by atoms with van der Waals surface area (Å²) in [6.07, 6.45) is 0. The number of nitro groups is 1. The van der Waals surface area contributed by atoms with E-state index in [-0.39, 0.29) is 16.8 Å². The van der Waals surface area contributed by atoms with Gasteiger partial charge in [-0.15, -0.1) is 11.3 Å². The van der Waals surface area contributed by atoms with Crippen LogP contribution in [0.3, 0.4) is 0 Å². The predicted molar refractivity (Wildman–Crippen MR) is 109 cm³/mol. The molecule has 0 bridgehead atoms. The minimum Gasteiger partial charge on any atom is -0.452 e. The van der Waals surface area contributed by atoms with Crippen LogP contribution in [0.2, 0.25) is 0 Å². The molecule has 0 fully saturated rings. The first-order valence-corrected chi connectivity index (χ1v) is 9.46. The number of carbonyl (C=O) groups is 2. The number of carbonyl (C=O) groups excluding carboxylic acids is 2. The summed E-state index contributed by atoms with van der Waals surface area (Å²) in [5.41, 5.74) is 2.27. The lowest BCUT2D eigenvalue weighted by Gasteiger charge is -2.09. The van der Waals surface area contributed by atoms with Gasteiger partial charge in [0.2, 0.25) is 0 Å². The molecule has 8 nitrogen and oxygen atoms in total. The fourth-order valence-corrected chi connectivity index (χ4v) is 3.32. The highest BCUT2D eigenvalue weighted by Crippen LogP contribution is 2.24. The third-order valence-corrected chi connectivity index (χ3v) is 4.89. The predicted octanol–water partition coefficient (Wildman–Crippen LogP) is 4.13. The van der Waals surface area contributed by atoms with Crippen molar-refractivity contribution in [2.24, 2.45) is 0 Å². The van der Waals surface area contributed by atoms with Crippen molar-refractivity contribution in [3.63, 3.8) is 0 Å². The summed E-state index contributed by atoms with van der Waals surface area (Å²) in [5, 5.41) is 16.5. The molecule has 1 amide bonds. The number of aromatic nitrogens is 1. The van der Waals surface area contributed by atoms with Gasteiger partial charge in [0.05, 0.1) is 21.2 Å². The standard InChI is InChI=1S/C20H17N3O5S/c1-12-16(7-4-8-18(12)23(26)27)20(25)28-10-19(24)22-15-6-3-5-14(9-15)17-11-29-13(2)21-17/h3-9,11H,10H2,1-2H3,(H,22,24). The molecule has 9 heteroatoms. The maximum absolute atomic E-state index is 12.2. The van der Waals surface area contributed by atoms with E-state index < -0.39 is 23.4 Å². The van der Waals surface area contributed by atoms with Crippen LogP contribution in [0, 0.1) is 24.0 Å². The first kappa shape index (κ1) is 20.2. The van der Waals surface area contributed by atoms with Gasteiger partial charge in [0, 0.05) is 28.3 Å². The van der Waals surface area contributed by atoms with Crippen LogP contribution in [0.25, 0.3) is 11.3 Å². The molecule has 0 unspecified atom stereocenters. The number of esters is 1. The van der Waals surface area contributed by atoms with Crippen molar-refractivity contribution in [3.8, 4) is 11.3 Å². The Hall–Kier alpha value is -3.59. The lowest BCUT2D eigenvalue weighted by Crippen LogP contribution is -2.21. The van der Waals surface area contributed by atoms with E-state index >= 15 is 0 Å². The van der Waals surface area contributed by atoms with E-state index in [0.717, 1.165) is 16.3 Å². The lowest BCUT2D eigenvalue weighted by atomic mass is 10.1. The molecule has 0 saturated heterocycles. The minimum absolute atomic E-state index is 0.0490. The fourth-order valence-electron chi connectivity index (χ4n) is 2.70. The number of hydrogen-bond donors (Lipinski definition) is 1. The number of benzene rings is 2. The second kappa shape index (κ2) is 8.61. The van der Waals surface area contributed by atoms with E-state index in [1.807, 2.05) is 18.4 Å². The fraction of sp³-hybridized carbons (Fsp3) is 0.150. The number of ether oxygens (including phenoxy) is 1. The summed E-state index contributed by atoms with van der Waals surface area (Å²) >= 11 is 1.53. The Bertz CT molecular complexity index is 1090. The number of aryl methyl sites for hydroxylation is 1. The van der Waals surface area contributed by atoms with Gasteiger partial charge in [0.15, 0.2) is 6.61 Å². The zero-order valence-electron chi connectivity index (χ0n) is 15.7. The van der Waals surface area contributed by atoms with Crippen molar-refractivity contribution in [1.29, 1.82) is 0 Å². The van der Waals surface area contributed by atoms with Crippen molar-refractivity contribution < 1.29 is 19.2 Å². The second-order valence-corrected chi connectivity index (χ2v) is 7.23. The van der Waals surface area contributed by atoms with Crippen LogP contribution in [-0.4, -0.2) is 28.4 Å². The van der Waals surface area contributed by atoms with Crippen LogP contribution in [0.5, 0.6) is 0 Å². The van der Waals surface area contributed by atoms with Crippen LogP contribution in [0.1, 0.15) is 20.9 Å². The van der Waals surface area contributed by atoms with Gasteiger partial charge in [0.1, 0.15) is 0 Å². The summed E-state index contributed by atoms with van der Waals surface area (Å²) in [6, 6.07) is 11.3. The number of nitrogens with one attached hydrogen (secondary N) is 1. The zero-order valence-corrected chi connectivity index (χ0v) is 16.5. The Morgan fingerprint density at radius 1 is 1.21 bits per heavy atom. The van der Waals surface area contributed by atoms with Crippen molar-refractivity contribution in [2.75, 3.05) is 11.9 Å². The van der Waals surface area contributed by atoms with Gasteiger partial charge < -0.3 is 10.1 Å². The van der Waals surface area contributed by atoms with Gasteiger partial charge in [-0.1, -0.05) is 18.2 Å².